The summed E-state index contributed by atoms with van der Waals surface area (Å²) in [4.78, 5) is 12.0. The Labute approximate surface area is 178 Å². The highest BCUT2D eigenvalue weighted by molar-refractivity contribution is 5.80. The van der Waals surface area contributed by atoms with Crippen LogP contribution in [0.15, 0.2) is 42.7 Å². The molecule has 4 aromatic rings. The molecule has 0 spiro atoms. The zero-order chi connectivity index (χ0) is 21.5. The van der Waals surface area contributed by atoms with E-state index in [1.807, 2.05) is 12.1 Å². The SMILES string of the molecule is COc1cc2nc([C@@H]3[C@@H](C)CCN3c3cc(F)ccc3-n3nccn3)[nH]c2cc1OC. The van der Waals surface area contributed by atoms with E-state index < -0.39 is 0 Å². The number of aromatic amines is 1. The van der Waals surface area contributed by atoms with Crippen molar-refractivity contribution in [3.63, 3.8) is 0 Å². The van der Waals surface area contributed by atoms with Gasteiger partial charge in [0.15, 0.2) is 11.5 Å². The van der Waals surface area contributed by atoms with Crippen LogP contribution in [0, 0.1) is 11.7 Å². The molecule has 1 fully saturated rings. The van der Waals surface area contributed by atoms with Gasteiger partial charge in [-0.2, -0.15) is 10.2 Å². The van der Waals surface area contributed by atoms with E-state index in [9.17, 15) is 4.39 Å². The molecule has 2 aromatic carbocycles. The molecule has 1 saturated heterocycles. The summed E-state index contributed by atoms with van der Waals surface area (Å²) in [7, 11) is 3.21. The number of nitrogens with zero attached hydrogens (tertiary/aromatic N) is 5. The summed E-state index contributed by atoms with van der Waals surface area (Å²) in [5, 5.41) is 8.49. The van der Waals surface area contributed by atoms with Gasteiger partial charge in [-0.25, -0.2) is 9.37 Å². The lowest BCUT2D eigenvalue weighted by Gasteiger charge is -2.29. The van der Waals surface area contributed by atoms with Crippen LogP contribution < -0.4 is 14.4 Å². The number of anilines is 1. The van der Waals surface area contributed by atoms with E-state index in [0.29, 0.717) is 17.4 Å². The molecular weight excluding hydrogens is 399 g/mol. The summed E-state index contributed by atoms with van der Waals surface area (Å²) >= 11 is 0. The topological polar surface area (TPSA) is 81.1 Å². The van der Waals surface area contributed by atoms with Crippen LogP contribution in [0.2, 0.25) is 0 Å². The lowest BCUT2D eigenvalue weighted by Crippen LogP contribution is -2.27. The minimum absolute atomic E-state index is 0.0551. The van der Waals surface area contributed by atoms with Gasteiger partial charge in [0, 0.05) is 18.7 Å². The van der Waals surface area contributed by atoms with Crippen LogP contribution in [0.1, 0.15) is 25.2 Å². The number of ether oxygens (including phenoxy) is 2. The van der Waals surface area contributed by atoms with Crippen LogP contribution in [-0.4, -0.2) is 45.7 Å². The fraction of sp³-hybridized carbons (Fsp3) is 0.318. The van der Waals surface area contributed by atoms with Gasteiger partial charge in [0.25, 0.3) is 0 Å². The van der Waals surface area contributed by atoms with Gasteiger partial charge in [-0.1, -0.05) is 6.92 Å². The lowest BCUT2D eigenvalue weighted by molar-refractivity contribution is 0.356. The summed E-state index contributed by atoms with van der Waals surface area (Å²) in [6.45, 7) is 2.96. The molecule has 1 aliphatic heterocycles. The second-order valence-corrected chi connectivity index (χ2v) is 7.70. The summed E-state index contributed by atoms with van der Waals surface area (Å²) < 4.78 is 25.1. The van der Waals surface area contributed by atoms with E-state index in [2.05, 4.69) is 27.0 Å². The molecule has 5 rings (SSSR count). The van der Waals surface area contributed by atoms with E-state index >= 15 is 0 Å². The Kier molecular flexibility index (Phi) is 4.72. The third kappa shape index (κ3) is 3.26. The molecule has 0 amide bonds. The normalized spacial score (nSPS) is 18.6. The molecule has 3 heterocycles. The Hall–Kier alpha value is -3.62. The quantitative estimate of drug-likeness (QED) is 0.526. The third-order valence-electron chi connectivity index (χ3n) is 5.87. The molecule has 31 heavy (non-hydrogen) atoms. The predicted octanol–water partition coefficient (Wildman–Crippen LogP) is 3.89. The van der Waals surface area contributed by atoms with Gasteiger partial charge >= 0.3 is 0 Å². The Morgan fingerprint density at radius 1 is 1.03 bits per heavy atom. The molecule has 1 aliphatic rings. The van der Waals surface area contributed by atoms with Crippen LogP contribution in [0.5, 0.6) is 11.5 Å². The van der Waals surface area contributed by atoms with Crippen LogP contribution in [0.25, 0.3) is 16.7 Å². The first kappa shape index (κ1) is 19.3. The summed E-state index contributed by atoms with van der Waals surface area (Å²) in [5.41, 5.74) is 3.12. The molecule has 0 saturated carbocycles. The fourth-order valence-electron chi connectivity index (χ4n) is 4.37. The van der Waals surface area contributed by atoms with E-state index in [1.54, 1.807) is 38.7 Å². The number of aromatic nitrogens is 5. The maximum atomic E-state index is 14.3. The molecule has 1 N–H and O–H groups in total. The van der Waals surface area contributed by atoms with Crippen molar-refractivity contribution in [1.82, 2.24) is 25.0 Å². The van der Waals surface area contributed by atoms with Gasteiger partial charge in [-0.3, -0.25) is 0 Å². The van der Waals surface area contributed by atoms with Gasteiger partial charge in [0.1, 0.15) is 17.3 Å². The van der Waals surface area contributed by atoms with E-state index in [-0.39, 0.29) is 11.9 Å². The smallest absolute Gasteiger partial charge is 0.163 e. The zero-order valence-electron chi connectivity index (χ0n) is 17.5. The lowest BCUT2D eigenvalue weighted by atomic mass is 10.0. The number of benzene rings is 2. The van der Waals surface area contributed by atoms with Crippen molar-refractivity contribution in [2.24, 2.45) is 5.92 Å². The Morgan fingerprint density at radius 3 is 2.52 bits per heavy atom. The summed E-state index contributed by atoms with van der Waals surface area (Å²) in [5.74, 6) is 2.09. The Balaban J connectivity index is 1.61. The van der Waals surface area contributed by atoms with Crippen molar-refractivity contribution in [2.75, 3.05) is 25.7 Å². The molecule has 0 bridgehead atoms. The van der Waals surface area contributed by atoms with E-state index in [4.69, 9.17) is 14.5 Å². The van der Waals surface area contributed by atoms with Crippen LogP contribution in [0.4, 0.5) is 10.1 Å². The predicted molar refractivity (Wildman–Crippen MR) is 114 cm³/mol. The number of methoxy groups -OCH3 is 2. The first-order valence-electron chi connectivity index (χ1n) is 10.1. The molecule has 0 radical (unpaired) electrons. The highest BCUT2D eigenvalue weighted by Gasteiger charge is 2.36. The maximum absolute atomic E-state index is 14.3. The Bertz CT molecular complexity index is 1180. The van der Waals surface area contributed by atoms with Crippen molar-refractivity contribution in [3.05, 3.63) is 54.4 Å². The average Bonchev–Trinajstić information content (AvgIpc) is 3.51. The van der Waals surface area contributed by atoms with Crippen molar-refractivity contribution in [3.8, 4) is 17.2 Å². The molecule has 0 aliphatic carbocycles. The largest absolute Gasteiger partial charge is 0.493 e. The number of hydrogen-bond acceptors (Lipinski definition) is 6. The number of hydrogen-bond donors (Lipinski definition) is 1. The van der Waals surface area contributed by atoms with Crippen molar-refractivity contribution in [1.29, 1.82) is 0 Å². The number of H-pyrrole nitrogens is 1. The molecule has 9 heteroatoms. The molecule has 2 aromatic heterocycles. The van der Waals surface area contributed by atoms with Crippen LogP contribution in [0.3, 0.4) is 0 Å². The fourth-order valence-corrected chi connectivity index (χ4v) is 4.37. The van der Waals surface area contributed by atoms with Crippen molar-refractivity contribution in [2.45, 2.75) is 19.4 Å². The van der Waals surface area contributed by atoms with E-state index in [1.165, 1.54) is 10.9 Å². The standard InChI is InChI=1S/C22H23FN6O2/c1-13-6-9-28(18-10-14(23)4-5-17(18)29-24-7-8-25-29)21(13)22-26-15-11-19(30-2)20(31-3)12-16(15)27-22/h4-5,7-8,10-13,21H,6,9H2,1-3H3,(H,26,27)/t13-,21-/m0/s1. The minimum atomic E-state index is -0.303. The summed E-state index contributed by atoms with van der Waals surface area (Å²) in [6, 6.07) is 8.36. The zero-order valence-corrected chi connectivity index (χ0v) is 17.5. The highest BCUT2D eigenvalue weighted by atomic mass is 19.1. The van der Waals surface area contributed by atoms with Crippen molar-refractivity contribution >= 4 is 16.7 Å². The third-order valence-corrected chi connectivity index (χ3v) is 5.87. The summed E-state index contributed by atoms with van der Waals surface area (Å²) in [6.07, 6.45) is 4.17. The molecule has 2 atom stereocenters. The van der Waals surface area contributed by atoms with Crippen molar-refractivity contribution < 1.29 is 13.9 Å². The molecular formula is C22H23FN6O2. The van der Waals surface area contributed by atoms with Crippen LogP contribution in [-0.2, 0) is 0 Å². The van der Waals surface area contributed by atoms with Gasteiger partial charge < -0.3 is 19.4 Å². The second kappa shape index (κ2) is 7.57. The molecule has 0 unspecified atom stereocenters. The van der Waals surface area contributed by atoms with Gasteiger partial charge in [-0.15, -0.1) is 4.80 Å². The number of imidazole rings is 1. The number of rotatable bonds is 5. The minimum Gasteiger partial charge on any atom is -0.493 e. The van der Waals surface area contributed by atoms with Gasteiger partial charge in [0.2, 0.25) is 0 Å². The van der Waals surface area contributed by atoms with Gasteiger partial charge in [-0.05, 0) is 30.5 Å². The second-order valence-electron chi connectivity index (χ2n) is 7.70. The number of nitrogens with one attached hydrogen (secondary N) is 1. The van der Waals surface area contributed by atoms with E-state index in [0.717, 1.165) is 41.2 Å². The first-order valence-corrected chi connectivity index (χ1v) is 10.1. The first-order chi connectivity index (χ1) is 15.1. The Morgan fingerprint density at radius 2 is 1.77 bits per heavy atom. The average molecular weight is 422 g/mol. The molecule has 160 valence electrons. The van der Waals surface area contributed by atoms with Gasteiger partial charge in [0.05, 0.1) is 49.4 Å². The van der Waals surface area contributed by atoms with Crippen LogP contribution >= 0.6 is 0 Å². The maximum Gasteiger partial charge on any atom is 0.163 e. The monoisotopic (exact) mass is 422 g/mol. The highest BCUT2D eigenvalue weighted by Crippen LogP contribution is 2.42. The molecule has 8 nitrogen and oxygen atoms in total. The number of halogens is 1. The number of fused-ring (bicyclic) bond motifs is 1.